The molecule has 0 aliphatic heterocycles. The van der Waals surface area contributed by atoms with Gasteiger partial charge < -0.3 is 24.1 Å². The Labute approximate surface area is 192 Å². The second-order valence-electron chi connectivity index (χ2n) is 5.97. The second kappa shape index (κ2) is 11.2. The molecule has 29 heavy (non-hydrogen) atoms. The molecule has 12 heteroatoms. The standard InChI is InChI=1S/C17H18F2I2O8/c1-8(2)14(17(18,19)16(24)25)29-12(22)6-27-15(23)10-4-9(20)5-11(21)13(10)28-7-26-3/h4-5,8,14H,6-7H2,1-3H3,(H,24,25). The number of carboxylic acids is 1. The molecule has 1 rings (SSSR count). The van der Waals surface area contributed by atoms with E-state index in [0.717, 1.165) is 0 Å². The zero-order chi connectivity index (χ0) is 22.4. The van der Waals surface area contributed by atoms with Gasteiger partial charge in [0.2, 0.25) is 0 Å². The first kappa shape index (κ1) is 25.7. The van der Waals surface area contributed by atoms with Gasteiger partial charge in [-0.05, 0) is 63.2 Å². The summed E-state index contributed by atoms with van der Waals surface area (Å²) < 4.78 is 48.3. The summed E-state index contributed by atoms with van der Waals surface area (Å²) in [5, 5.41) is 8.64. The molecule has 1 atom stereocenters. The lowest BCUT2D eigenvalue weighted by molar-refractivity contribution is -0.200. The minimum atomic E-state index is -4.29. The van der Waals surface area contributed by atoms with Crippen LogP contribution in [0.1, 0.15) is 24.2 Å². The molecule has 0 spiro atoms. The summed E-state index contributed by atoms with van der Waals surface area (Å²) in [4.78, 5) is 35.0. The molecule has 0 radical (unpaired) electrons. The van der Waals surface area contributed by atoms with Crippen molar-refractivity contribution in [1.29, 1.82) is 0 Å². The molecule has 1 aromatic rings. The summed E-state index contributed by atoms with van der Waals surface area (Å²) >= 11 is 3.91. The van der Waals surface area contributed by atoms with E-state index in [1.807, 2.05) is 45.2 Å². The molecular formula is C17H18F2I2O8. The number of carboxylic acid groups (broad SMARTS) is 1. The maximum Gasteiger partial charge on any atom is 0.378 e. The highest BCUT2D eigenvalue weighted by Crippen LogP contribution is 2.30. The van der Waals surface area contributed by atoms with Gasteiger partial charge in [0.15, 0.2) is 19.5 Å². The van der Waals surface area contributed by atoms with Crippen LogP contribution in [0.15, 0.2) is 12.1 Å². The Morgan fingerprint density at radius 3 is 2.34 bits per heavy atom. The van der Waals surface area contributed by atoms with Crippen molar-refractivity contribution in [3.05, 3.63) is 24.8 Å². The Bertz CT molecular complexity index is 770. The first-order chi connectivity index (χ1) is 13.4. The Morgan fingerprint density at radius 1 is 1.21 bits per heavy atom. The molecule has 0 aromatic heterocycles. The Balaban J connectivity index is 2.89. The summed E-state index contributed by atoms with van der Waals surface area (Å²) in [6.07, 6.45) is -2.22. The molecular weight excluding hydrogens is 624 g/mol. The molecule has 1 unspecified atom stereocenters. The highest BCUT2D eigenvalue weighted by Gasteiger charge is 2.51. The number of carbonyl (C=O) groups excluding carboxylic acids is 2. The number of alkyl halides is 2. The Hall–Kier alpha value is -1.29. The van der Waals surface area contributed by atoms with Crippen LogP contribution in [0.3, 0.4) is 0 Å². The van der Waals surface area contributed by atoms with E-state index in [4.69, 9.17) is 19.3 Å². The van der Waals surface area contributed by atoms with Crippen molar-refractivity contribution in [1.82, 2.24) is 0 Å². The van der Waals surface area contributed by atoms with Crippen molar-refractivity contribution in [3.8, 4) is 5.75 Å². The van der Waals surface area contributed by atoms with Gasteiger partial charge in [0.25, 0.3) is 0 Å². The van der Waals surface area contributed by atoms with Crippen LogP contribution in [0, 0.1) is 13.1 Å². The van der Waals surface area contributed by atoms with E-state index in [9.17, 15) is 23.2 Å². The fraction of sp³-hybridized carbons (Fsp3) is 0.471. The van der Waals surface area contributed by atoms with E-state index in [1.54, 1.807) is 6.07 Å². The molecule has 162 valence electrons. The molecule has 0 saturated carbocycles. The second-order valence-corrected chi connectivity index (χ2v) is 8.38. The number of hydrogen-bond donors (Lipinski definition) is 1. The number of rotatable bonds is 10. The molecule has 0 heterocycles. The minimum Gasteiger partial charge on any atom is -0.477 e. The van der Waals surface area contributed by atoms with Gasteiger partial charge in [-0.3, -0.25) is 0 Å². The van der Waals surface area contributed by atoms with E-state index >= 15 is 0 Å². The van der Waals surface area contributed by atoms with Gasteiger partial charge in [0, 0.05) is 10.7 Å². The topological polar surface area (TPSA) is 108 Å². The van der Waals surface area contributed by atoms with Gasteiger partial charge in [-0.25, -0.2) is 14.4 Å². The van der Waals surface area contributed by atoms with Gasteiger partial charge in [-0.15, -0.1) is 0 Å². The lowest BCUT2D eigenvalue weighted by atomic mass is 10.0. The van der Waals surface area contributed by atoms with Gasteiger partial charge in [-0.2, -0.15) is 8.78 Å². The predicted molar refractivity (Wildman–Crippen MR) is 112 cm³/mol. The van der Waals surface area contributed by atoms with Gasteiger partial charge in [0.1, 0.15) is 11.3 Å². The first-order valence-corrected chi connectivity index (χ1v) is 10.2. The molecule has 8 nitrogen and oxygen atoms in total. The zero-order valence-electron chi connectivity index (χ0n) is 15.5. The summed E-state index contributed by atoms with van der Waals surface area (Å²) in [5.41, 5.74) is 0.00225. The average Bonchev–Trinajstić information content (AvgIpc) is 2.62. The van der Waals surface area contributed by atoms with Crippen LogP contribution in [-0.4, -0.2) is 55.6 Å². The van der Waals surface area contributed by atoms with Crippen molar-refractivity contribution >= 4 is 63.1 Å². The number of hydrogen-bond acceptors (Lipinski definition) is 7. The van der Waals surface area contributed by atoms with Gasteiger partial charge in [0.05, 0.1) is 3.57 Å². The van der Waals surface area contributed by atoms with E-state index in [2.05, 4.69) is 4.74 Å². The molecule has 0 amide bonds. The summed E-state index contributed by atoms with van der Waals surface area (Å²) in [7, 11) is 1.39. The van der Waals surface area contributed by atoms with Crippen LogP contribution in [0.4, 0.5) is 8.78 Å². The van der Waals surface area contributed by atoms with Gasteiger partial charge >= 0.3 is 23.8 Å². The third kappa shape index (κ3) is 7.16. The third-order valence-electron chi connectivity index (χ3n) is 3.38. The number of ether oxygens (including phenoxy) is 4. The molecule has 0 aliphatic carbocycles. The smallest absolute Gasteiger partial charge is 0.378 e. The molecule has 0 saturated heterocycles. The normalized spacial score (nSPS) is 12.4. The monoisotopic (exact) mass is 642 g/mol. The van der Waals surface area contributed by atoms with Crippen LogP contribution in [0.5, 0.6) is 5.75 Å². The SMILES string of the molecule is COCOc1c(I)cc(I)cc1C(=O)OCC(=O)OC(C(C)C)C(F)(F)C(=O)O. The highest BCUT2D eigenvalue weighted by atomic mass is 127. The van der Waals surface area contributed by atoms with Crippen LogP contribution in [0.2, 0.25) is 0 Å². The maximum absolute atomic E-state index is 13.7. The van der Waals surface area contributed by atoms with Crippen molar-refractivity contribution < 1.29 is 47.2 Å². The summed E-state index contributed by atoms with van der Waals surface area (Å²) in [6.45, 7) is 1.42. The third-order valence-corrected chi connectivity index (χ3v) is 4.80. The number of methoxy groups -OCH3 is 1. The number of aliphatic carboxylic acids is 1. The van der Waals surface area contributed by atoms with Crippen molar-refractivity contribution in [3.63, 3.8) is 0 Å². The van der Waals surface area contributed by atoms with Crippen molar-refractivity contribution in [2.75, 3.05) is 20.5 Å². The average molecular weight is 642 g/mol. The lowest BCUT2D eigenvalue weighted by Gasteiger charge is -2.26. The number of carbonyl (C=O) groups is 3. The molecule has 1 aromatic carbocycles. The van der Waals surface area contributed by atoms with Crippen LogP contribution in [-0.2, 0) is 23.8 Å². The Morgan fingerprint density at radius 2 is 1.83 bits per heavy atom. The van der Waals surface area contributed by atoms with E-state index in [-0.39, 0.29) is 18.1 Å². The quantitative estimate of drug-likeness (QED) is 0.236. The van der Waals surface area contributed by atoms with Crippen molar-refractivity contribution in [2.24, 2.45) is 5.92 Å². The fourth-order valence-corrected chi connectivity index (χ4v) is 4.11. The summed E-state index contributed by atoms with van der Waals surface area (Å²) in [6, 6.07) is 3.19. The lowest BCUT2D eigenvalue weighted by Crippen LogP contribution is -2.47. The number of halogens is 4. The number of esters is 2. The zero-order valence-corrected chi connectivity index (χ0v) is 19.9. The summed E-state index contributed by atoms with van der Waals surface area (Å²) in [5.74, 6) is -9.79. The Kier molecular flexibility index (Phi) is 9.94. The predicted octanol–water partition coefficient (Wildman–Crippen LogP) is 3.32. The highest BCUT2D eigenvalue weighted by molar-refractivity contribution is 14.1. The fourth-order valence-electron chi connectivity index (χ4n) is 2.10. The van der Waals surface area contributed by atoms with Gasteiger partial charge in [-0.1, -0.05) is 13.8 Å². The van der Waals surface area contributed by atoms with Crippen molar-refractivity contribution in [2.45, 2.75) is 25.9 Å². The van der Waals surface area contributed by atoms with Crippen LogP contribution >= 0.6 is 45.2 Å². The molecule has 0 bridgehead atoms. The minimum absolute atomic E-state index is 0.00225. The molecule has 0 aliphatic rings. The first-order valence-electron chi connectivity index (χ1n) is 8.00. The van der Waals surface area contributed by atoms with E-state index < -0.39 is 42.5 Å². The van der Waals surface area contributed by atoms with Crippen LogP contribution < -0.4 is 4.74 Å². The molecule has 1 N–H and O–H groups in total. The maximum atomic E-state index is 13.7. The largest absolute Gasteiger partial charge is 0.477 e. The van der Waals surface area contributed by atoms with E-state index in [0.29, 0.717) is 7.14 Å². The van der Waals surface area contributed by atoms with E-state index in [1.165, 1.54) is 27.0 Å². The number of benzene rings is 1. The van der Waals surface area contributed by atoms with Crippen LogP contribution in [0.25, 0.3) is 0 Å². The molecule has 0 fully saturated rings.